The molecule has 0 aliphatic rings. The van der Waals surface area contributed by atoms with E-state index >= 15 is 0 Å². The summed E-state index contributed by atoms with van der Waals surface area (Å²) in [5.74, 6) is 0.682. The molecule has 3 rings (SSSR count). The van der Waals surface area contributed by atoms with E-state index < -0.39 is 0 Å². The summed E-state index contributed by atoms with van der Waals surface area (Å²) < 4.78 is 5.21. The minimum Gasteiger partial charge on any atom is -0.467 e. The van der Waals surface area contributed by atoms with Crippen LogP contribution in [0.1, 0.15) is 21.0 Å². The molecule has 0 spiro atoms. The average Bonchev–Trinajstić information content (AvgIpc) is 3.15. The van der Waals surface area contributed by atoms with Crippen LogP contribution in [0.5, 0.6) is 0 Å². The Bertz CT molecular complexity index is 730. The quantitative estimate of drug-likeness (QED) is 0.782. The van der Waals surface area contributed by atoms with E-state index in [1.54, 1.807) is 6.26 Å². The lowest BCUT2D eigenvalue weighted by Gasteiger charge is -2.00. The molecule has 3 aromatic rings. The fourth-order valence-corrected chi connectivity index (χ4v) is 3.23. The molecule has 1 aromatic carbocycles. The van der Waals surface area contributed by atoms with Crippen LogP contribution in [0, 0.1) is 6.92 Å². The molecule has 0 saturated heterocycles. The maximum absolute atomic E-state index is 12.2. The third-order valence-corrected chi connectivity index (χ3v) is 4.47. The summed E-state index contributed by atoms with van der Waals surface area (Å²) in [5.41, 5.74) is 2.26. The van der Waals surface area contributed by atoms with Crippen LogP contribution in [0.2, 0.25) is 0 Å². The molecule has 0 saturated carbocycles. The van der Waals surface area contributed by atoms with Gasteiger partial charge in [-0.3, -0.25) is 4.79 Å². The van der Waals surface area contributed by atoms with Gasteiger partial charge in [-0.2, -0.15) is 0 Å². The molecule has 1 amide bonds. The second kappa shape index (κ2) is 5.97. The number of carbonyl (C=O) groups is 1. The summed E-state index contributed by atoms with van der Waals surface area (Å²) >= 11 is 1.52. The van der Waals surface area contributed by atoms with Crippen molar-refractivity contribution in [3.05, 3.63) is 71.0 Å². The molecule has 4 heteroatoms. The van der Waals surface area contributed by atoms with Crippen molar-refractivity contribution in [2.45, 2.75) is 13.5 Å². The van der Waals surface area contributed by atoms with E-state index in [2.05, 4.69) is 17.4 Å². The Morgan fingerprint density at radius 1 is 1.19 bits per heavy atom. The van der Waals surface area contributed by atoms with Crippen LogP contribution in [0.4, 0.5) is 0 Å². The maximum atomic E-state index is 12.2. The normalized spacial score (nSPS) is 10.5. The van der Waals surface area contributed by atoms with Gasteiger partial charge in [0.15, 0.2) is 0 Å². The number of hydrogen-bond donors (Lipinski definition) is 1. The van der Waals surface area contributed by atoms with E-state index in [0.717, 1.165) is 26.6 Å². The summed E-state index contributed by atoms with van der Waals surface area (Å²) in [7, 11) is 0. The van der Waals surface area contributed by atoms with Crippen molar-refractivity contribution in [1.29, 1.82) is 0 Å². The molecule has 0 aliphatic carbocycles. The van der Waals surface area contributed by atoms with Crippen molar-refractivity contribution in [3.63, 3.8) is 0 Å². The largest absolute Gasteiger partial charge is 0.467 e. The van der Waals surface area contributed by atoms with E-state index in [4.69, 9.17) is 4.42 Å². The van der Waals surface area contributed by atoms with Crippen LogP contribution < -0.4 is 5.32 Å². The fraction of sp³-hybridized carbons (Fsp3) is 0.118. The number of aryl methyl sites for hydroxylation is 1. The average molecular weight is 297 g/mol. The Balaban J connectivity index is 1.76. The van der Waals surface area contributed by atoms with E-state index in [0.29, 0.717) is 6.54 Å². The number of amides is 1. The lowest BCUT2D eigenvalue weighted by atomic mass is 10.1. The van der Waals surface area contributed by atoms with Crippen LogP contribution in [-0.2, 0) is 6.54 Å². The third-order valence-electron chi connectivity index (χ3n) is 3.18. The molecular weight excluding hydrogens is 282 g/mol. The number of carbonyl (C=O) groups excluding carboxylic acids is 1. The topological polar surface area (TPSA) is 42.2 Å². The van der Waals surface area contributed by atoms with E-state index in [9.17, 15) is 4.79 Å². The number of hydrogen-bond acceptors (Lipinski definition) is 3. The molecule has 0 radical (unpaired) electrons. The summed E-state index contributed by atoms with van der Waals surface area (Å²) in [6, 6.07) is 15.7. The second-order valence-corrected chi connectivity index (χ2v) is 5.80. The van der Waals surface area contributed by atoms with E-state index in [-0.39, 0.29) is 5.91 Å². The monoisotopic (exact) mass is 297 g/mol. The van der Waals surface area contributed by atoms with Crippen LogP contribution in [0.15, 0.2) is 59.2 Å². The van der Waals surface area contributed by atoms with Crippen LogP contribution in [0.3, 0.4) is 0 Å². The standard InChI is InChI=1S/C17H15NO2S/c1-12-10-15(17(19)18-11-14-8-5-9-20-14)21-16(12)13-6-3-2-4-7-13/h2-10H,11H2,1H3,(H,18,19). The number of benzene rings is 1. The highest BCUT2D eigenvalue weighted by Gasteiger charge is 2.13. The maximum Gasteiger partial charge on any atom is 0.261 e. The van der Waals surface area contributed by atoms with Crippen LogP contribution in [-0.4, -0.2) is 5.91 Å². The first-order chi connectivity index (χ1) is 10.2. The Morgan fingerprint density at radius 3 is 2.71 bits per heavy atom. The van der Waals surface area contributed by atoms with Gasteiger partial charge < -0.3 is 9.73 Å². The van der Waals surface area contributed by atoms with Gasteiger partial charge in [0.25, 0.3) is 5.91 Å². The van der Waals surface area contributed by atoms with Crippen molar-refractivity contribution >= 4 is 17.2 Å². The fourth-order valence-electron chi connectivity index (χ4n) is 2.14. The lowest BCUT2D eigenvalue weighted by molar-refractivity contribution is 0.0952. The minimum absolute atomic E-state index is 0.0679. The summed E-state index contributed by atoms with van der Waals surface area (Å²) in [6.45, 7) is 2.44. The number of rotatable bonds is 4. The highest BCUT2D eigenvalue weighted by molar-refractivity contribution is 7.17. The number of thiophene rings is 1. The number of nitrogens with one attached hydrogen (secondary N) is 1. The van der Waals surface area contributed by atoms with Gasteiger partial charge in [-0.1, -0.05) is 30.3 Å². The first-order valence-corrected chi connectivity index (χ1v) is 7.52. The smallest absolute Gasteiger partial charge is 0.261 e. The molecule has 0 aliphatic heterocycles. The van der Waals surface area contributed by atoms with Gasteiger partial charge >= 0.3 is 0 Å². The molecule has 2 heterocycles. The van der Waals surface area contributed by atoms with E-state index in [1.165, 1.54) is 11.3 Å². The van der Waals surface area contributed by atoms with Crippen molar-refractivity contribution in [2.24, 2.45) is 0 Å². The Labute approximate surface area is 127 Å². The highest BCUT2D eigenvalue weighted by atomic mass is 32.1. The zero-order valence-corrected chi connectivity index (χ0v) is 12.4. The lowest BCUT2D eigenvalue weighted by Crippen LogP contribution is -2.21. The molecule has 3 nitrogen and oxygen atoms in total. The van der Waals surface area contributed by atoms with Gasteiger partial charge in [0.05, 0.1) is 17.7 Å². The molecule has 0 fully saturated rings. The molecule has 0 atom stereocenters. The van der Waals surface area contributed by atoms with Gasteiger partial charge in [0.2, 0.25) is 0 Å². The SMILES string of the molecule is Cc1cc(C(=O)NCc2ccco2)sc1-c1ccccc1. The van der Waals surface area contributed by atoms with Gasteiger partial charge in [0.1, 0.15) is 5.76 Å². The van der Waals surface area contributed by atoms with Crippen LogP contribution in [0.25, 0.3) is 10.4 Å². The van der Waals surface area contributed by atoms with E-state index in [1.807, 2.05) is 43.3 Å². The minimum atomic E-state index is -0.0679. The third kappa shape index (κ3) is 3.06. The summed E-state index contributed by atoms with van der Waals surface area (Å²) in [5, 5.41) is 2.87. The Hall–Kier alpha value is -2.33. The van der Waals surface area contributed by atoms with Crippen molar-refractivity contribution in [1.82, 2.24) is 5.32 Å². The van der Waals surface area contributed by atoms with Gasteiger partial charge in [0, 0.05) is 4.88 Å². The highest BCUT2D eigenvalue weighted by Crippen LogP contribution is 2.32. The summed E-state index contributed by atoms with van der Waals surface area (Å²) in [6.07, 6.45) is 1.60. The molecule has 1 N–H and O–H groups in total. The van der Waals surface area contributed by atoms with Crippen molar-refractivity contribution in [2.75, 3.05) is 0 Å². The second-order valence-electron chi connectivity index (χ2n) is 4.75. The molecule has 21 heavy (non-hydrogen) atoms. The molecule has 106 valence electrons. The first-order valence-electron chi connectivity index (χ1n) is 6.70. The predicted molar refractivity (Wildman–Crippen MR) is 84.4 cm³/mol. The Morgan fingerprint density at radius 2 is 2.00 bits per heavy atom. The molecule has 0 unspecified atom stereocenters. The molecule has 2 aromatic heterocycles. The first kappa shape index (κ1) is 13.6. The van der Waals surface area contributed by atoms with Gasteiger partial charge in [-0.05, 0) is 36.2 Å². The predicted octanol–water partition coefficient (Wildman–Crippen LogP) is 4.25. The molecule has 0 bridgehead atoms. The molecular formula is C17H15NO2S. The van der Waals surface area contributed by atoms with Gasteiger partial charge in [-0.15, -0.1) is 11.3 Å². The van der Waals surface area contributed by atoms with Crippen molar-refractivity contribution < 1.29 is 9.21 Å². The van der Waals surface area contributed by atoms with Gasteiger partial charge in [-0.25, -0.2) is 0 Å². The summed E-state index contributed by atoms with van der Waals surface area (Å²) in [4.78, 5) is 14.1. The zero-order chi connectivity index (χ0) is 14.7. The zero-order valence-electron chi connectivity index (χ0n) is 11.6. The van der Waals surface area contributed by atoms with Crippen LogP contribution >= 0.6 is 11.3 Å². The number of furan rings is 1. The van der Waals surface area contributed by atoms with Crippen molar-refractivity contribution in [3.8, 4) is 10.4 Å². The Kier molecular flexibility index (Phi) is 3.88.